The minimum absolute atomic E-state index is 0.0279. The monoisotopic (exact) mass is 1540 g/mol. The number of H-pyrrole nitrogens is 1. The Morgan fingerprint density at radius 2 is 1.37 bits per heavy atom. The third-order valence-corrected chi connectivity index (χ3v) is 19.0. The molecular formula is C64H93N19O22S2. The number of primary amides is 3. The topological polar surface area (TPSA) is 668 Å². The third kappa shape index (κ3) is 23.7. The van der Waals surface area contributed by atoms with Crippen LogP contribution in [0.5, 0.6) is 0 Å². The molecule has 2 aliphatic heterocycles. The predicted octanol–water partition coefficient (Wildman–Crippen LogP) is -6.78. The van der Waals surface area contributed by atoms with Gasteiger partial charge in [0.1, 0.15) is 94.6 Å². The molecule has 0 spiro atoms. The Kier molecular flexibility index (Phi) is 32.5. The molecule has 0 bridgehead atoms. The van der Waals surface area contributed by atoms with Gasteiger partial charge in [-0.05, 0) is 65.3 Å². The molecule has 588 valence electrons. The number of nitrogens with two attached hydrogens (primary N) is 5. The van der Waals surface area contributed by atoms with Crippen molar-refractivity contribution in [3.8, 4) is 10.7 Å². The summed E-state index contributed by atoms with van der Waals surface area (Å²) in [6.45, 7) is 4.97. The van der Waals surface area contributed by atoms with Crippen LogP contribution in [0.25, 0.3) is 10.7 Å². The fourth-order valence-corrected chi connectivity index (χ4v) is 12.7. The van der Waals surface area contributed by atoms with Crippen molar-refractivity contribution in [2.24, 2.45) is 28.9 Å². The molecule has 0 saturated carbocycles. The van der Waals surface area contributed by atoms with Crippen LogP contribution in [0.1, 0.15) is 112 Å². The summed E-state index contributed by atoms with van der Waals surface area (Å²) in [6, 6.07) is 1.07. The minimum atomic E-state index is -2.21. The first-order chi connectivity index (χ1) is 50.9. The molecule has 0 aliphatic carbocycles. The minimum Gasteiger partial charge on any atom is -0.441 e. The van der Waals surface area contributed by atoms with Gasteiger partial charge >= 0.3 is 6.09 Å². The zero-order chi connectivity index (χ0) is 78.3. The molecule has 0 radical (unpaired) electrons. The van der Waals surface area contributed by atoms with Gasteiger partial charge < -0.3 is 141 Å². The second-order valence-corrected chi connectivity index (χ2v) is 27.0. The SMILES string of the molecule is Cc1c(N)nc([C@H](CC(N)=O)NCC(N)C(N)=O)nc1C(=O)N[C@H](C(=O)NC(C)C(O)[C@H](C)C(=O)N[C@H](C(=O)NCCc1nc(-c2nc(C(=O)NCCCNCCCCNC(=O)c3ccccc3)cs2)cs1)[C@@H](C)O)[C@@H](O[C@@H]1O[C@@H](CO)[C@@H](O)[C@@H](O)[C@@H]1O[C@H]1O[C@H](CO)[C@@H](O)[C@H](OC(N)=O)[C@@H]1O)c1cnc[nH]1. The molecule has 2 saturated heterocycles. The van der Waals surface area contributed by atoms with Crippen LogP contribution in [0.3, 0.4) is 0 Å². The van der Waals surface area contributed by atoms with E-state index in [1.165, 1.54) is 50.4 Å². The summed E-state index contributed by atoms with van der Waals surface area (Å²) in [6.07, 6.45) is -22.9. The number of thiazole rings is 2. The predicted molar refractivity (Wildman–Crippen MR) is 376 cm³/mol. The Hall–Kier alpha value is -9.00. The number of aliphatic hydroxyl groups is 8. The van der Waals surface area contributed by atoms with Gasteiger partial charge in [0.15, 0.2) is 18.7 Å². The molecule has 3 unspecified atom stereocenters. The van der Waals surface area contributed by atoms with Crippen LogP contribution in [-0.2, 0) is 54.1 Å². The van der Waals surface area contributed by atoms with Gasteiger partial charge in [-0.25, -0.2) is 29.7 Å². The van der Waals surface area contributed by atoms with Gasteiger partial charge in [0.25, 0.3) is 17.7 Å². The number of hydrogen-bond acceptors (Lipinski definition) is 33. The molecule has 2 aliphatic rings. The van der Waals surface area contributed by atoms with Crippen LogP contribution in [0.4, 0.5) is 10.6 Å². The van der Waals surface area contributed by atoms with Crippen molar-refractivity contribution in [1.29, 1.82) is 0 Å². The fraction of sp³-hybridized carbons (Fsp3) is 0.562. The maximum Gasteiger partial charge on any atom is 0.404 e. The second kappa shape index (κ2) is 40.8. The highest BCUT2D eigenvalue weighted by Crippen LogP contribution is 2.35. The number of aromatic amines is 1. The molecule has 6 heterocycles. The van der Waals surface area contributed by atoms with Crippen LogP contribution in [0.2, 0.25) is 0 Å². The number of ether oxygens (including phenoxy) is 5. The molecule has 4 aromatic heterocycles. The molecule has 2 fully saturated rings. The quantitative estimate of drug-likeness (QED) is 0.0162. The van der Waals surface area contributed by atoms with Crippen molar-refractivity contribution in [3.05, 3.63) is 92.7 Å². The molecule has 19 atom stereocenters. The van der Waals surface area contributed by atoms with Crippen molar-refractivity contribution in [2.45, 2.75) is 170 Å². The van der Waals surface area contributed by atoms with Crippen LogP contribution in [-0.4, -0.2) is 274 Å². The maximum absolute atomic E-state index is 15.2. The van der Waals surface area contributed by atoms with Crippen molar-refractivity contribution in [1.82, 2.24) is 72.4 Å². The van der Waals surface area contributed by atoms with Crippen LogP contribution < -0.4 is 71.2 Å². The van der Waals surface area contributed by atoms with E-state index in [1.54, 1.807) is 22.9 Å². The first-order valence-electron chi connectivity index (χ1n) is 33.9. The summed E-state index contributed by atoms with van der Waals surface area (Å²) in [4.78, 5) is 144. The number of anilines is 1. The van der Waals surface area contributed by atoms with Gasteiger partial charge in [-0.2, -0.15) is 0 Å². The molecule has 43 heteroatoms. The van der Waals surface area contributed by atoms with E-state index in [0.717, 1.165) is 31.9 Å². The highest BCUT2D eigenvalue weighted by Gasteiger charge is 2.54. The second-order valence-electron chi connectivity index (χ2n) is 25.2. The Morgan fingerprint density at radius 3 is 2.04 bits per heavy atom. The van der Waals surface area contributed by atoms with E-state index in [9.17, 15) is 79.2 Å². The Bertz CT molecular complexity index is 3770. The van der Waals surface area contributed by atoms with Gasteiger partial charge in [-0.3, -0.25) is 38.4 Å². The van der Waals surface area contributed by atoms with Crippen LogP contribution in [0.15, 0.2) is 53.6 Å². The summed E-state index contributed by atoms with van der Waals surface area (Å²) in [5.41, 5.74) is 28.6. The fourth-order valence-electron chi connectivity index (χ4n) is 11.0. The van der Waals surface area contributed by atoms with Crippen molar-refractivity contribution in [3.63, 3.8) is 0 Å². The average molecular weight is 1540 g/mol. The Morgan fingerprint density at radius 1 is 0.701 bits per heavy atom. The van der Waals surface area contributed by atoms with Crippen LogP contribution in [0, 0.1) is 12.8 Å². The molecular weight excluding hydrogens is 1450 g/mol. The van der Waals surface area contributed by atoms with Crippen molar-refractivity contribution >= 4 is 81.8 Å². The molecule has 27 N–H and O–H groups in total. The standard InChI is InChI=1S/C64H93N19O22S2/c1-27-41(80-54(83-52(27)67)33(19-39(66)87)75-20-32(65)53(68)93)59(98)82-43(49(34-21-71-26-76-34)103-63-51(47(91)45(89)37(22-84)102-63)104-62-48(92)50(105-64(69)100)46(90)38(23-85)101-62)60(99)77-29(3)44(88)28(2)55(94)81-42(30(4)86)58(97)74-18-13-40-78-36(25-106-40)61-79-35(24-107-61)57(96)73-17-10-15-70-14-8-9-16-72-56(95)31-11-6-5-7-12-31/h5-7,11-12,21,24-26,28-30,32-33,37-38,42-51,62-63,70,75,84-86,88-92H,8-10,13-20,22-23,65H2,1-4H3,(H2,66,87)(H2,68,93)(H2,69,100)(H,71,76)(H,72,95)(H,73,96)(H,74,97)(H,77,99)(H,81,94)(H,82,98)(H2,67,80,83)/t28-,29?,30+,32?,33-,37-,38+,42-,43-,44?,45+,46+,47+,48-,49-,50-,51-,62+,63-/m0/s1. The summed E-state index contributed by atoms with van der Waals surface area (Å²) in [5.74, 6) is -8.93. The number of nitrogen functional groups attached to an aromatic ring is 1. The van der Waals surface area contributed by atoms with E-state index in [4.69, 9.17) is 52.4 Å². The molecule has 107 heavy (non-hydrogen) atoms. The molecule has 1 aromatic carbocycles. The maximum atomic E-state index is 15.2. The number of aromatic nitrogens is 6. The number of rotatable bonds is 41. The number of aliphatic hydroxyl groups excluding tert-OH is 8. The lowest BCUT2D eigenvalue weighted by Crippen LogP contribution is -2.65. The number of unbranched alkanes of at least 4 members (excludes halogenated alkanes) is 1. The van der Waals surface area contributed by atoms with E-state index >= 15 is 4.79 Å². The molecule has 7 rings (SSSR count). The highest BCUT2D eigenvalue weighted by molar-refractivity contribution is 7.14. The number of carbonyl (C=O) groups excluding carboxylic acids is 9. The molecule has 5 aromatic rings. The van der Waals surface area contributed by atoms with E-state index in [0.29, 0.717) is 47.3 Å². The average Bonchev–Trinajstić information content (AvgIpc) is 1.63. The lowest BCUT2D eigenvalue weighted by atomic mass is 9.96. The Balaban J connectivity index is 1.03. The number of benzene rings is 1. The lowest BCUT2D eigenvalue weighted by Gasteiger charge is -2.47. The number of nitrogens with zero attached hydrogens (tertiary/aromatic N) is 5. The van der Waals surface area contributed by atoms with Crippen LogP contribution >= 0.6 is 22.7 Å². The summed E-state index contributed by atoms with van der Waals surface area (Å²) in [7, 11) is 0. The smallest absolute Gasteiger partial charge is 0.404 e. The lowest BCUT2D eigenvalue weighted by molar-refractivity contribution is -0.372. The Labute approximate surface area is 619 Å². The number of carbonyl (C=O) groups is 9. The van der Waals surface area contributed by atoms with Gasteiger partial charge in [0, 0.05) is 60.9 Å². The summed E-state index contributed by atoms with van der Waals surface area (Å²) < 4.78 is 28.8. The number of nitrogens with one attached hydrogen (secondary N) is 9. The largest absolute Gasteiger partial charge is 0.441 e. The van der Waals surface area contributed by atoms with E-state index in [-0.39, 0.29) is 59.9 Å². The summed E-state index contributed by atoms with van der Waals surface area (Å²) >= 11 is 2.48. The van der Waals surface area contributed by atoms with Gasteiger partial charge in [-0.15, -0.1) is 22.7 Å². The van der Waals surface area contributed by atoms with Gasteiger partial charge in [-0.1, -0.05) is 25.1 Å². The van der Waals surface area contributed by atoms with Crippen molar-refractivity contribution in [2.75, 3.05) is 58.2 Å². The zero-order valence-electron chi connectivity index (χ0n) is 58.6. The van der Waals surface area contributed by atoms with Gasteiger partial charge in [0.05, 0.1) is 72.7 Å². The normalized spacial score (nSPS) is 22.6. The molecule has 41 nitrogen and oxygen atoms in total. The van der Waals surface area contributed by atoms with E-state index in [1.807, 2.05) is 18.2 Å². The van der Waals surface area contributed by atoms with Crippen molar-refractivity contribution < 1.29 is 108 Å². The van der Waals surface area contributed by atoms with Gasteiger partial charge in [0.2, 0.25) is 29.5 Å². The zero-order valence-corrected chi connectivity index (χ0v) is 60.2. The molecule has 9 amide bonds. The summed E-state index contributed by atoms with van der Waals surface area (Å²) in [5, 5.41) is 115. The van der Waals surface area contributed by atoms with E-state index in [2.05, 4.69) is 72.4 Å². The number of hydrogen-bond donors (Lipinski definition) is 22. The van der Waals surface area contributed by atoms with E-state index < -0.39 is 183 Å². The third-order valence-electron chi connectivity index (χ3n) is 17.2. The number of imidazole rings is 1. The number of amides is 9. The first kappa shape index (κ1) is 85.3. The first-order valence-corrected chi connectivity index (χ1v) is 35.7. The highest BCUT2D eigenvalue weighted by atomic mass is 32.1.